The van der Waals surface area contributed by atoms with Crippen molar-refractivity contribution in [2.24, 2.45) is 4.99 Å². The number of benzene rings is 2. The van der Waals surface area contributed by atoms with E-state index >= 15 is 0 Å². The summed E-state index contributed by atoms with van der Waals surface area (Å²) < 4.78 is 13.8. The van der Waals surface area contributed by atoms with Crippen LogP contribution in [0.1, 0.15) is 11.1 Å². The minimum atomic E-state index is -0.347. The Kier molecular flexibility index (Phi) is 7.58. The lowest BCUT2D eigenvalue weighted by atomic mass is 10.1. The van der Waals surface area contributed by atoms with Gasteiger partial charge in [0, 0.05) is 41.4 Å². The second-order valence-electron chi connectivity index (χ2n) is 5.07. The van der Waals surface area contributed by atoms with Crippen molar-refractivity contribution < 1.29 is 4.39 Å². The fourth-order valence-corrected chi connectivity index (χ4v) is 2.94. The molecule has 0 saturated heterocycles. The molecule has 130 valence electrons. The third-order valence-corrected chi connectivity index (χ3v) is 4.59. The van der Waals surface area contributed by atoms with Gasteiger partial charge < -0.3 is 10.6 Å². The third-order valence-electron chi connectivity index (χ3n) is 3.32. The van der Waals surface area contributed by atoms with Crippen LogP contribution in [0.15, 0.2) is 52.4 Å². The van der Waals surface area contributed by atoms with Crippen molar-refractivity contribution in [1.29, 1.82) is 5.26 Å². The Bertz CT molecular complexity index is 772. The van der Waals surface area contributed by atoms with Gasteiger partial charge in [0.2, 0.25) is 0 Å². The number of thioether (sulfide) groups is 1. The first-order valence-electron chi connectivity index (χ1n) is 7.64. The zero-order valence-corrected chi connectivity index (χ0v) is 15.3. The number of guanidine groups is 1. The first kappa shape index (κ1) is 19.1. The second kappa shape index (κ2) is 9.92. The van der Waals surface area contributed by atoms with Crippen molar-refractivity contribution in [3.8, 4) is 6.07 Å². The largest absolute Gasteiger partial charge is 0.356 e. The van der Waals surface area contributed by atoms with E-state index in [9.17, 15) is 4.39 Å². The molecule has 0 fully saturated rings. The molecule has 2 aromatic rings. The van der Waals surface area contributed by atoms with Crippen molar-refractivity contribution >= 4 is 29.3 Å². The minimum absolute atomic E-state index is 0.255. The van der Waals surface area contributed by atoms with Gasteiger partial charge in [0.1, 0.15) is 5.82 Å². The van der Waals surface area contributed by atoms with Crippen LogP contribution in [0.5, 0.6) is 0 Å². The predicted molar refractivity (Wildman–Crippen MR) is 101 cm³/mol. The van der Waals surface area contributed by atoms with Crippen LogP contribution in [0.25, 0.3) is 0 Å². The Hall–Kier alpha value is -2.23. The number of nitrogens with one attached hydrogen (secondary N) is 2. The van der Waals surface area contributed by atoms with Gasteiger partial charge in [0.25, 0.3) is 0 Å². The summed E-state index contributed by atoms with van der Waals surface area (Å²) in [6.07, 6.45) is 0. The quantitative estimate of drug-likeness (QED) is 0.348. The molecule has 0 unspecified atom stereocenters. The highest BCUT2D eigenvalue weighted by Gasteiger charge is 2.05. The molecule has 0 aromatic heterocycles. The monoisotopic (exact) mass is 376 g/mol. The third kappa shape index (κ3) is 6.29. The van der Waals surface area contributed by atoms with Crippen LogP contribution < -0.4 is 10.6 Å². The van der Waals surface area contributed by atoms with Crippen molar-refractivity contribution in [1.82, 2.24) is 10.6 Å². The van der Waals surface area contributed by atoms with Crippen LogP contribution in [0.3, 0.4) is 0 Å². The summed E-state index contributed by atoms with van der Waals surface area (Å²) in [5.74, 6) is 1.08. The average Bonchev–Trinajstić information content (AvgIpc) is 2.64. The van der Waals surface area contributed by atoms with Gasteiger partial charge in [-0.25, -0.2) is 4.39 Å². The highest BCUT2D eigenvalue weighted by molar-refractivity contribution is 7.99. The van der Waals surface area contributed by atoms with E-state index in [1.165, 1.54) is 18.2 Å². The molecule has 25 heavy (non-hydrogen) atoms. The molecule has 0 atom stereocenters. The van der Waals surface area contributed by atoms with E-state index < -0.39 is 0 Å². The molecule has 2 N–H and O–H groups in total. The fourth-order valence-electron chi connectivity index (χ4n) is 2.05. The van der Waals surface area contributed by atoms with Crippen molar-refractivity contribution in [3.63, 3.8) is 0 Å². The lowest BCUT2D eigenvalue weighted by Crippen LogP contribution is -2.38. The molecule has 0 bridgehead atoms. The van der Waals surface area contributed by atoms with E-state index in [2.05, 4.69) is 15.6 Å². The number of aliphatic imine (C=N–C) groups is 1. The molecular weight excluding hydrogens is 359 g/mol. The van der Waals surface area contributed by atoms with Gasteiger partial charge in [-0.1, -0.05) is 11.6 Å². The predicted octanol–water partition coefficient (Wildman–Crippen LogP) is 3.81. The molecule has 0 heterocycles. The van der Waals surface area contributed by atoms with E-state index in [1.54, 1.807) is 18.8 Å². The molecule has 0 spiro atoms. The molecule has 0 saturated carbocycles. The maximum absolute atomic E-state index is 13.8. The zero-order valence-electron chi connectivity index (χ0n) is 13.7. The molecule has 0 aliphatic rings. The molecule has 2 aromatic carbocycles. The Morgan fingerprint density at radius 2 is 2.00 bits per heavy atom. The van der Waals surface area contributed by atoms with Crippen LogP contribution in [0, 0.1) is 17.1 Å². The number of nitrogens with zero attached hydrogens (tertiary/aromatic N) is 2. The Morgan fingerprint density at radius 1 is 1.24 bits per heavy atom. The highest BCUT2D eigenvalue weighted by atomic mass is 35.5. The molecule has 0 aliphatic carbocycles. The molecule has 0 amide bonds. The van der Waals surface area contributed by atoms with Gasteiger partial charge in [0.15, 0.2) is 5.96 Å². The topological polar surface area (TPSA) is 60.2 Å². The summed E-state index contributed by atoms with van der Waals surface area (Å²) in [6, 6.07) is 14.0. The lowest BCUT2D eigenvalue weighted by Gasteiger charge is -2.12. The molecule has 2 rings (SSSR count). The molecule has 4 nitrogen and oxygen atoms in total. The Labute approximate surface area is 156 Å². The van der Waals surface area contributed by atoms with Crippen LogP contribution in [-0.4, -0.2) is 25.3 Å². The standard InChI is InChI=1S/C18H18ClFN4S/c1-22-18(23-8-9-25-16-5-3-15(19)4-6-16)24-12-14-10-13(11-21)2-7-17(14)20/h2-7,10H,8-9,12H2,1H3,(H2,22,23,24). The maximum atomic E-state index is 13.8. The SMILES string of the molecule is CN=C(NCCSc1ccc(Cl)cc1)NCc1cc(C#N)ccc1F. The average molecular weight is 377 g/mol. The number of halogens is 2. The van der Waals surface area contributed by atoms with Crippen molar-refractivity contribution in [2.75, 3.05) is 19.3 Å². The van der Waals surface area contributed by atoms with Crippen molar-refractivity contribution in [3.05, 3.63) is 64.4 Å². The van der Waals surface area contributed by atoms with Gasteiger partial charge in [-0.2, -0.15) is 5.26 Å². The number of hydrogen-bond donors (Lipinski definition) is 2. The van der Waals surface area contributed by atoms with Crippen LogP contribution in [-0.2, 0) is 6.54 Å². The van der Waals surface area contributed by atoms with Gasteiger partial charge >= 0.3 is 0 Å². The van der Waals surface area contributed by atoms with E-state index in [0.717, 1.165) is 15.7 Å². The van der Waals surface area contributed by atoms with Gasteiger partial charge in [-0.05, 0) is 42.5 Å². The molecule has 7 heteroatoms. The van der Waals surface area contributed by atoms with E-state index in [4.69, 9.17) is 16.9 Å². The van der Waals surface area contributed by atoms with E-state index in [0.29, 0.717) is 23.6 Å². The second-order valence-corrected chi connectivity index (χ2v) is 6.68. The van der Waals surface area contributed by atoms with Crippen molar-refractivity contribution in [2.45, 2.75) is 11.4 Å². The number of hydrogen-bond acceptors (Lipinski definition) is 3. The summed E-state index contributed by atoms with van der Waals surface area (Å²) in [6.45, 7) is 0.957. The van der Waals surface area contributed by atoms with Gasteiger partial charge in [-0.3, -0.25) is 4.99 Å². The van der Waals surface area contributed by atoms with Gasteiger partial charge in [0.05, 0.1) is 11.6 Å². The van der Waals surface area contributed by atoms with E-state index in [-0.39, 0.29) is 12.4 Å². The van der Waals surface area contributed by atoms with Crippen LogP contribution >= 0.6 is 23.4 Å². The smallest absolute Gasteiger partial charge is 0.191 e. The fraction of sp³-hybridized carbons (Fsp3) is 0.222. The summed E-state index contributed by atoms with van der Waals surface area (Å²) in [5.41, 5.74) is 0.859. The molecule has 0 radical (unpaired) electrons. The number of rotatable bonds is 6. The van der Waals surface area contributed by atoms with Crippen LogP contribution in [0.2, 0.25) is 5.02 Å². The molecular formula is C18H18ClFN4S. The Morgan fingerprint density at radius 3 is 2.68 bits per heavy atom. The number of nitriles is 1. The summed E-state index contributed by atoms with van der Waals surface area (Å²) in [7, 11) is 1.66. The first-order valence-corrected chi connectivity index (χ1v) is 9.00. The molecule has 0 aliphatic heterocycles. The van der Waals surface area contributed by atoms with E-state index in [1.807, 2.05) is 30.3 Å². The zero-order chi connectivity index (χ0) is 18.1. The maximum Gasteiger partial charge on any atom is 0.191 e. The summed E-state index contributed by atoms with van der Waals surface area (Å²) >= 11 is 7.56. The van der Waals surface area contributed by atoms with Gasteiger partial charge in [-0.15, -0.1) is 11.8 Å². The first-order chi connectivity index (χ1) is 12.1. The normalized spacial score (nSPS) is 11.0. The minimum Gasteiger partial charge on any atom is -0.356 e. The highest BCUT2D eigenvalue weighted by Crippen LogP contribution is 2.19. The lowest BCUT2D eigenvalue weighted by molar-refractivity contribution is 0.604. The Balaban J connectivity index is 1.77. The van der Waals surface area contributed by atoms with Crippen LogP contribution in [0.4, 0.5) is 4.39 Å². The summed E-state index contributed by atoms with van der Waals surface area (Å²) in [4.78, 5) is 5.25. The summed E-state index contributed by atoms with van der Waals surface area (Å²) in [5, 5.41) is 15.8.